The number of esters is 1. The van der Waals surface area contributed by atoms with Crippen molar-refractivity contribution in [2.24, 2.45) is 11.8 Å². The molecule has 0 aromatic rings. The van der Waals surface area contributed by atoms with E-state index >= 15 is 0 Å². The highest BCUT2D eigenvalue weighted by Gasteiger charge is 2.36. The smallest absolute Gasteiger partial charge is 0.308 e. The second-order valence-electron chi connectivity index (χ2n) is 2.83. The summed E-state index contributed by atoms with van der Waals surface area (Å²) in [5.41, 5.74) is 0. The Kier molecular flexibility index (Phi) is 2.48. The number of carbonyl (C=O) groups is 1. The number of hydrogen-bond donors (Lipinski definition) is 0. The van der Waals surface area contributed by atoms with Gasteiger partial charge in [0.1, 0.15) is 0 Å². The Morgan fingerprint density at radius 3 is 2.82 bits per heavy atom. The number of hydrogen-bond acceptors (Lipinski definition) is 3. The highest BCUT2D eigenvalue weighted by atomic mass is 16.5. The molecule has 1 saturated carbocycles. The van der Waals surface area contributed by atoms with Gasteiger partial charge in [-0.3, -0.25) is 4.79 Å². The first-order valence-corrected chi connectivity index (χ1v) is 3.74. The van der Waals surface area contributed by atoms with E-state index in [4.69, 9.17) is 5.26 Å². The molecule has 0 aromatic heterocycles. The van der Waals surface area contributed by atoms with Crippen LogP contribution >= 0.6 is 0 Å². The molecule has 2 atom stereocenters. The first-order valence-electron chi connectivity index (χ1n) is 3.74. The average molecular weight is 153 g/mol. The summed E-state index contributed by atoms with van der Waals surface area (Å²) < 4.78 is 4.58. The van der Waals surface area contributed by atoms with E-state index in [0.717, 1.165) is 12.8 Å². The molecular weight excluding hydrogens is 142 g/mol. The zero-order valence-electron chi connectivity index (χ0n) is 6.54. The number of carbonyl (C=O) groups excluding carboxylic acids is 1. The number of ether oxygens (including phenoxy) is 1. The predicted molar refractivity (Wildman–Crippen MR) is 38.5 cm³/mol. The lowest BCUT2D eigenvalue weighted by Crippen LogP contribution is -2.33. The predicted octanol–water partition coefficient (Wildman–Crippen LogP) is 1.10. The van der Waals surface area contributed by atoms with Gasteiger partial charge < -0.3 is 4.74 Å². The van der Waals surface area contributed by atoms with E-state index in [1.165, 1.54) is 7.11 Å². The number of nitriles is 1. The van der Waals surface area contributed by atoms with Crippen LogP contribution < -0.4 is 0 Å². The van der Waals surface area contributed by atoms with Crippen LogP contribution in [-0.2, 0) is 9.53 Å². The summed E-state index contributed by atoms with van der Waals surface area (Å²) in [5, 5.41) is 8.37. The van der Waals surface area contributed by atoms with Gasteiger partial charge in [0.15, 0.2) is 0 Å². The molecule has 60 valence electrons. The van der Waals surface area contributed by atoms with Gasteiger partial charge in [0.05, 0.1) is 19.1 Å². The topological polar surface area (TPSA) is 50.1 Å². The fourth-order valence-electron chi connectivity index (χ4n) is 1.39. The largest absolute Gasteiger partial charge is 0.469 e. The summed E-state index contributed by atoms with van der Waals surface area (Å²) >= 11 is 0. The van der Waals surface area contributed by atoms with Crippen LogP contribution in [0.3, 0.4) is 0 Å². The van der Waals surface area contributed by atoms with Gasteiger partial charge in [0.25, 0.3) is 0 Å². The molecule has 0 spiro atoms. The third-order valence-corrected chi connectivity index (χ3v) is 2.27. The maximum absolute atomic E-state index is 10.9. The van der Waals surface area contributed by atoms with Crippen LogP contribution in [-0.4, -0.2) is 13.1 Å². The van der Waals surface area contributed by atoms with Gasteiger partial charge in [0, 0.05) is 6.42 Å². The van der Waals surface area contributed by atoms with Gasteiger partial charge in [-0.15, -0.1) is 0 Å². The van der Waals surface area contributed by atoms with E-state index in [0.29, 0.717) is 6.42 Å². The fraction of sp³-hybridized carbons (Fsp3) is 0.750. The first-order chi connectivity index (χ1) is 5.29. The Morgan fingerprint density at radius 1 is 1.73 bits per heavy atom. The Morgan fingerprint density at radius 2 is 2.45 bits per heavy atom. The monoisotopic (exact) mass is 153 g/mol. The molecule has 1 aliphatic rings. The van der Waals surface area contributed by atoms with Crippen molar-refractivity contribution in [3.8, 4) is 6.07 Å². The SMILES string of the molecule is COC(=O)[C@@H]1CC[C@H]1CC#N. The summed E-state index contributed by atoms with van der Waals surface area (Å²) in [6.07, 6.45) is 2.37. The van der Waals surface area contributed by atoms with Gasteiger partial charge in [-0.1, -0.05) is 0 Å². The van der Waals surface area contributed by atoms with Crippen LogP contribution in [0.5, 0.6) is 0 Å². The maximum Gasteiger partial charge on any atom is 0.308 e. The summed E-state index contributed by atoms with van der Waals surface area (Å²) in [4.78, 5) is 10.9. The minimum absolute atomic E-state index is 0.000324. The van der Waals surface area contributed by atoms with Crippen molar-refractivity contribution < 1.29 is 9.53 Å². The van der Waals surface area contributed by atoms with Gasteiger partial charge in [0.2, 0.25) is 0 Å². The van der Waals surface area contributed by atoms with Crippen molar-refractivity contribution in [3.63, 3.8) is 0 Å². The third-order valence-electron chi connectivity index (χ3n) is 2.27. The molecule has 1 rings (SSSR count). The lowest BCUT2D eigenvalue weighted by molar-refractivity contribution is -0.151. The molecule has 0 aliphatic heterocycles. The first kappa shape index (κ1) is 8.06. The van der Waals surface area contributed by atoms with Crippen LogP contribution in [0.4, 0.5) is 0 Å². The van der Waals surface area contributed by atoms with Gasteiger partial charge in [-0.25, -0.2) is 0 Å². The molecule has 0 amide bonds. The highest BCUT2D eigenvalue weighted by Crippen LogP contribution is 2.37. The van der Waals surface area contributed by atoms with Gasteiger partial charge >= 0.3 is 5.97 Å². The molecule has 3 heteroatoms. The van der Waals surface area contributed by atoms with Gasteiger partial charge in [-0.2, -0.15) is 5.26 Å². The minimum Gasteiger partial charge on any atom is -0.469 e. The number of rotatable bonds is 2. The van der Waals surface area contributed by atoms with E-state index < -0.39 is 0 Å². The third kappa shape index (κ3) is 1.51. The van der Waals surface area contributed by atoms with Crippen molar-refractivity contribution in [1.29, 1.82) is 5.26 Å². The lowest BCUT2D eigenvalue weighted by atomic mass is 9.72. The van der Waals surface area contributed by atoms with Crippen LogP contribution in [0, 0.1) is 23.2 Å². The Balaban J connectivity index is 2.38. The molecule has 11 heavy (non-hydrogen) atoms. The second-order valence-corrected chi connectivity index (χ2v) is 2.83. The molecule has 0 bridgehead atoms. The Hall–Kier alpha value is -1.04. The van der Waals surface area contributed by atoms with Crippen molar-refractivity contribution >= 4 is 5.97 Å². The van der Waals surface area contributed by atoms with Gasteiger partial charge in [-0.05, 0) is 18.8 Å². The molecule has 0 heterocycles. The summed E-state index contributed by atoms with van der Waals surface area (Å²) in [7, 11) is 1.39. The van der Waals surface area contributed by atoms with Crippen LogP contribution in [0.25, 0.3) is 0 Å². The molecule has 0 aromatic carbocycles. The van der Waals surface area contributed by atoms with E-state index in [2.05, 4.69) is 10.8 Å². The highest BCUT2D eigenvalue weighted by molar-refractivity contribution is 5.73. The van der Waals surface area contributed by atoms with Crippen molar-refractivity contribution in [2.75, 3.05) is 7.11 Å². The molecule has 0 unspecified atom stereocenters. The maximum atomic E-state index is 10.9. The molecule has 1 aliphatic carbocycles. The zero-order valence-corrected chi connectivity index (χ0v) is 6.54. The molecule has 1 fully saturated rings. The minimum atomic E-state index is -0.156. The molecule has 0 N–H and O–H groups in total. The van der Waals surface area contributed by atoms with Crippen LogP contribution in [0.15, 0.2) is 0 Å². The Labute approximate surface area is 66.0 Å². The van der Waals surface area contributed by atoms with Crippen LogP contribution in [0.2, 0.25) is 0 Å². The van der Waals surface area contributed by atoms with E-state index in [9.17, 15) is 4.79 Å². The summed E-state index contributed by atoms with van der Waals surface area (Å²) in [5.74, 6) is 0.101. The average Bonchev–Trinajstić information content (AvgIpc) is 1.98. The van der Waals surface area contributed by atoms with E-state index in [1.807, 2.05) is 0 Å². The number of methoxy groups -OCH3 is 1. The summed E-state index contributed by atoms with van der Waals surface area (Å²) in [6.45, 7) is 0. The molecule has 0 saturated heterocycles. The zero-order chi connectivity index (χ0) is 8.27. The Bertz CT molecular complexity index is 195. The fourth-order valence-corrected chi connectivity index (χ4v) is 1.39. The van der Waals surface area contributed by atoms with Crippen molar-refractivity contribution in [2.45, 2.75) is 19.3 Å². The van der Waals surface area contributed by atoms with E-state index in [-0.39, 0.29) is 17.8 Å². The molecule has 0 radical (unpaired) electrons. The summed E-state index contributed by atoms with van der Waals surface area (Å²) in [6, 6.07) is 2.07. The standard InChI is InChI=1S/C8H11NO2/c1-11-8(10)7-3-2-6(7)4-5-9/h6-7H,2-4H2,1H3/t6-,7+/m0/s1. The molecular formula is C8H11NO2. The normalized spacial score (nSPS) is 28.4. The van der Waals surface area contributed by atoms with E-state index in [1.54, 1.807) is 0 Å². The lowest BCUT2D eigenvalue weighted by Gasteiger charge is -2.32. The van der Waals surface area contributed by atoms with Crippen molar-refractivity contribution in [3.05, 3.63) is 0 Å². The second kappa shape index (κ2) is 3.38. The quantitative estimate of drug-likeness (QED) is 0.558. The molecule has 3 nitrogen and oxygen atoms in total. The number of nitrogens with zero attached hydrogens (tertiary/aromatic N) is 1. The van der Waals surface area contributed by atoms with Crippen LogP contribution in [0.1, 0.15) is 19.3 Å². The van der Waals surface area contributed by atoms with Crippen molar-refractivity contribution in [1.82, 2.24) is 0 Å².